The number of halogens is 1. The number of hydrogen-bond acceptors (Lipinski definition) is 2. The van der Waals surface area contributed by atoms with Crippen molar-refractivity contribution in [3.05, 3.63) is 0 Å². The molecular formula is C14H21ClO2. The Bertz CT molecular complexity index is 267. The van der Waals surface area contributed by atoms with Gasteiger partial charge in [0.1, 0.15) is 6.79 Å². The monoisotopic (exact) mass is 256 g/mol. The van der Waals surface area contributed by atoms with Crippen molar-refractivity contribution in [3.63, 3.8) is 0 Å². The van der Waals surface area contributed by atoms with Crippen LogP contribution in [0.4, 0.5) is 0 Å². The van der Waals surface area contributed by atoms with Gasteiger partial charge in [-0.1, -0.05) is 24.7 Å². The summed E-state index contributed by atoms with van der Waals surface area (Å²) < 4.78 is 9.82. The summed E-state index contributed by atoms with van der Waals surface area (Å²) in [6.45, 7) is 0.927. The fourth-order valence-corrected chi connectivity index (χ4v) is 1.33. The van der Waals surface area contributed by atoms with E-state index >= 15 is 0 Å². The predicted molar refractivity (Wildman–Crippen MR) is 71.8 cm³/mol. The molecule has 0 aliphatic carbocycles. The molecule has 0 heterocycles. The Hall–Kier alpha value is -0.670. The number of alkyl halides is 1. The van der Waals surface area contributed by atoms with Crippen molar-refractivity contribution in [1.29, 1.82) is 0 Å². The van der Waals surface area contributed by atoms with Crippen LogP contribution in [0.5, 0.6) is 0 Å². The summed E-state index contributed by atoms with van der Waals surface area (Å²) in [6.07, 6.45) is 6.29. The molecule has 0 saturated heterocycles. The molecule has 0 atom stereocenters. The molecule has 0 fully saturated rings. The number of methoxy groups -OCH3 is 1. The van der Waals surface area contributed by atoms with Crippen molar-refractivity contribution in [2.24, 2.45) is 0 Å². The van der Waals surface area contributed by atoms with Gasteiger partial charge in [0.25, 0.3) is 0 Å². The molecule has 0 aliphatic heterocycles. The quantitative estimate of drug-likeness (QED) is 0.273. The largest absolute Gasteiger partial charge is 0.359 e. The van der Waals surface area contributed by atoms with Crippen LogP contribution in [0.15, 0.2) is 0 Å². The molecule has 0 aromatic rings. The Balaban J connectivity index is 3.26. The highest BCUT2D eigenvalue weighted by atomic mass is 35.5. The first-order valence-corrected chi connectivity index (χ1v) is 6.53. The van der Waals surface area contributed by atoms with Crippen LogP contribution in [0.1, 0.15) is 38.5 Å². The highest BCUT2D eigenvalue weighted by molar-refractivity contribution is 6.17. The first-order valence-electron chi connectivity index (χ1n) is 6.00. The van der Waals surface area contributed by atoms with Crippen LogP contribution in [-0.4, -0.2) is 26.4 Å². The van der Waals surface area contributed by atoms with E-state index in [0.29, 0.717) is 19.8 Å². The Kier molecular flexibility index (Phi) is 14.7. The van der Waals surface area contributed by atoms with Gasteiger partial charge in [-0.25, -0.2) is 0 Å². The van der Waals surface area contributed by atoms with Gasteiger partial charge < -0.3 is 9.47 Å². The Morgan fingerprint density at radius 1 is 0.941 bits per heavy atom. The zero-order valence-electron chi connectivity index (χ0n) is 10.6. The van der Waals surface area contributed by atoms with E-state index in [2.05, 4.69) is 23.7 Å². The van der Waals surface area contributed by atoms with Gasteiger partial charge in [0.15, 0.2) is 0 Å². The van der Waals surface area contributed by atoms with E-state index in [4.69, 9.17) is 21.1 Å². The molecule has 3 heteroatoms. The Morgan fingerprint density at radius 2 is 1.65 bits per heavy atom. The predicted octanol–water partition coefficient (Wildman–Crippen LogP) is 3.19. The van der Waals surface area contributed by atoms with Gasteiger partial charge in [-0.3, -0.25) is 0 Å². The van der Waals surface area contributed by atoms with Gasteiger partial charge in [-0.15, -0.1) is 11.6 Å². The number of unbranched alkanes of at least 4 members (excludes halogenated alkanes) is 4. The van der Waals surface area contributed by atoms with Crippen LogP contribution in [-0.2, 0) is 9.47 Å². The van der Waals surface area contributed by atoms with Crippen molar-refractivity contribution in [1.82, 2.24) is 0 Å². The van der Waals surface area contributed by atoms with Gasteiger partial charge >= 0.3 is 0 Å². The maximum Gasteiger partial charge on any atom is 0.146 e. The Morgan fingerprint density at radius 3 is 2.35 bits per heavy atom. The van der Waals surface area contributed by atoms with Crippen LogP contribution < -0.4 is 0 Å². The molecule has 2 nitrogen and oxygen atoms in total. The molecule has 0 spiro atoms. The summed E-state index contributed by atoms with van der Waals surface area (Å²) in [6, 6.07) is 0. The molecule has 96 valence electrons. The third-order valence-electron chi connectivity index (χ3n) is 2.00. The van der Waals surface area contributed by atoms with E-state index in [-0.39, 0.29) is 0 Å². The molecule has 0 unspecified atom stereocenters. The second kappa shape index (κ2) is 15.3. The van der Waals surface area contributed by atoms with E-state index in [1.807, 2.05) is 0 Å². The third-order valence-corrected chi connectivity index (χ3v) is 2.26. The first-order chi connectivity index (χ1) is 8.41. The topological polar surface area (TPSA) is 18.5 Å². The van der Waals surface area contributed by atoms with Crippen LogP contribution in [0.2, 0.25) is 0 Å². The summed E-state index contributed by atoms with van der Waals surface area (Å²) in [7, 11) is 1.60. The van der Waals surface area contributed by atoms with Crippen LogP contribution in [0.25, 0.3) is 0 Å². The van der Waals surface area contributed by atoms with Crippen LogP contribution >= 0.6 is 11.6 Å². The third kappa shape index (κ3) is 15.3. The second-order valence-corrected chi connectivity index (χ2v) is 3.90. The van der Waals surface area contributed by atoms with Crippen molar-refractivity contribution < 1.29 is 9.47 Å². The summed E-state index contributed by atoms with van der Waals surface area (Å²) in [5.74, 6) is 12.4. The van der Waals surface area contributed by atoms with Crippen molar-refractivity contribution in [2.45, 2.75) is 38.5 Å². The second-order valence-electron chi connectivity index (χ2n) is 3.52. The maximum absolute atomic E-state index is 5.58. The number of hydrogen-bond donors (Lipinski definition) is 0. The lowest BCUT2D eigenvalue weighted by Crippen LogP contribution is -1.96. The summed E-state index contributed by atoms with van der Waals surface area (Å²) >= 11 is 5.58. The number of rotatable bonds is 9. The molecule has 17 heavy (non-hydrogen) atoms. The lowest BCUT2D eigenvalue weighted by atomic mass is 10.2. The number of ether oxygens (including phenoxy) is 2. The average Bonchev–Trinajstić information content (AvgIpc) is 2.35. The highest BCUT2D eigenvalue weighted by Gasteiger charge is 1.86. The van der Waals surface area contributed by atoms with E-state index < -0.39 is 0 Å². The van der Waals surface area contributed by atoms with E-state index in [9.17, 15) is 0 Å². The van der Waals surface area contributed by atoms with Crippen molar-refractivity contribution in [2.75, 3.05) is 26.4 Å². The first kappa shape index (κ1) is 16.3. The van der Waals surface area contributed by atoms with Gasteiger partial charge in [-0.05, 0) is 24.7 Å². The fourth-order valence-electron chi connectivity index (χ4n) is 1.14. The fraction of sp³-hybridized carbons (Fsp3) is 0.714. The lowest BCUT2D eigenvalue weighted by Gasteiger charge is -1.96. The molecule has 0 aliphatic rings. The minimum atomic E-state index is 0.329. The van der Waals surface area contributed by atoms with Gasteiger partial charge in [0, 0.05) is 25.8 Å². The van der Waals surface area contributed by atoms with Crippen LogP contribution in [0, 0.1) is 23.7 Å². The molecule has 0 N–H and O–H groups in total. The molecule has 0 rings (SSSR count). The molecule has 0 aromatic heterocycles. The highest BCUT2D eigenvalue weighted by Crippen LogP contribution is 2.02. The van der Waals surface area contributed by atoms with E-state index in [0.717, 1.165) is 25.1 Å². The normalized spacial score (nSPS) is 9.06. The summed E-state index contributed by atoms with van der Waals surface area (Å²) in [5.41, 5.74) is 0. The zero-order chi connectivity index (χ0) is 12.6. The van der Waals surface area contributed by atoms with Gasteiger partial charge in [0.2, 0.25) is 0 Å². The molecule has 0 radical (unpaired) electrons. The Labute approximate surface area is 110 Å². The molecule has 0 aromatic carbocycles. The van der Waals surface area contributed by atoms with E-state index in [1.54, 1.807) is 7.11 Å². The lowest BCUT2D eigenvalue weighted by molar-refractivity contribution is -0.0281. The van der Waals surface area contributed by atoms with Gasteiger partial charge in [0.05, 0.1) is 6.61 Å². The van der Waals surface area contributed by atoms with E-state index in [1.165, 1.54) is 12.8 Å². The minimum Gasteiger partial charge on any atom is -0.359 e. The van der Waals surface area contributed by atoms with Crippen molar-refractivity contribution >= 4 is 11.6 Å². The standard InChI is InChI=1S/C14H21ClO2/c1-16-14-17-13-11-9-7-5-3-2-4-6-8-10-12-15/h2,4,6,8,10-14H2,1H3. The summed E-state index contributed by atoms with van der Waals surface area (Å²) in [4.78, 5) is 0. The molecular weight excluding hydrogens is 236 g/mol. The van der Waals surface area contributed by atoms with Gasteiger partial charge in [-0.2, -0.15) is 0 Å². The van der Waals surface area contributed by atoms with Crippen LogP contribution in [0.3, 0.4) is 0 Å². The van der Waals surface area contributed by atoms with Crippen molar-refractivity contribution in [3.8, 4) is 23.7 Å². The maximum atomic E-state index is 5.58. The smallest absolute Gasteiger partial charge is 0.146 e. The molecule has 0 bridgehead atoms. The SMILES string of the molecule is COCOCCC#CC#CCCCCCCCl. The zero-order valence-corrected chi connectivity index (χ0v) is 11.3. The average molecular weight is 257 g/mol. The summed E-state index contributed by atoms with van der Waals surface area (Å²) in [5, 5.41) is 0. The molecule has 0 amide bonds. The minimum absolute atomic E-state index is 0.329. The molecule has 0 saturated carbocycles.